The Balaban J connectivity index is -0.0000000833. The van der Waals surface area contributed by atoms with Gasteiger partial charge in [-0.15, -0.1) is 0 Å². The van der Waals surface area contributed by atoms with Crippen LogP contribution in [0.25, 0.3) is 0 Å². The van der Waals surface area contributed by atoms with Gasteiger partial charge in [-0.2, -0.15) is 0 Å². The number of epoxide rings is 1. The van der Waals surface area contributed by atoms with Crippen LogP contribution in [0.2, 0.25) is 0 Å². The largest absolute Gasteiger partial charge is 0.370 e. The minimum Gasteiger partial charge on any atom is -0.370 e. The summed E-state index contributed by atoms with van der Waals surface area (Å²) in [6, 6.07) is 0. The zero-order valence-corrected chi connectivity index (χ0v) is 3.56. The van der Waals surface area contributed by atoms with E-state index in [-0.39, 0.29) is 10.3 Å². The zero-order chi connectivity index (χ0) is 3.86. The molecule has 1 aliphatic rings. The molecule has 1 aliphatic heterocycles. The highest BCUT2D eigenvalue weighted by Gasteiger charge is 2.27. The summed E-state index contributed by atoms with van der Waals surface area (Å²) in [6.45, 7) is 4.15. The van der Waals surface area contributed by atoms with Crippen molar-refractivity contribution in [3.63, 3.8) is 0 Å². The van der Waals surface area contributed by atoms with Crippen molar-refractivity contribution in [1.29, 1.82) is 0 Å². The van der Waals surface area contributed by atoms with Gasteiger partial charge in [0.25, 0.3) is 0 Å². The quantitative estimate of drug-likeness (QED) is 0.416. The molecule has 0 aromatic rings. The van der Waals surface area contributed by atoms with Crippen molar-refractivity contribution in [2.24, 2.45) is 0 Å². The maximum atomic E-state index is 4.92. The van der Waals surface area contributed by atoms with Crippen LogP contribution in [-0.2, 0) is 4.74 Å². The fraction of sp³-hybridized carbons (Fsp3) is 1.00. The van der Waals surface area contributed by atoms with Gasteiger partial charge in [0, 0.05) is 2.85 Å². The van der Waals surface area contributed by atoms with Gasteiger partial charge in [-0.05, 0) is 13.8 Å². The fourth-order valence-electron chi connectivity index (χ4n) is 0.293. The van der Waals surface area contributed by atoms with Crippen molar-refractivity contribution in [3.05, 3.63) is 0 Å². The van der Waals surface area contributed by atoms with E-state index in [1.165, 1.54) is 0 Å². The summed E-state index contributed by atoms with van der Waals surface area (Å²) in [5.41, 5.74) is 0. The summed E-state index contributed by atoms with van der Waals surface area (Å²) in [5, 5.41) is 0. The Morgan fingerprint density at radius 3 is 1.50 bits per heavy atom. The standard InChI is InChI=1S/C4H8O.CH4.2H2/c1-3-4(2)5-3;;;/h3-4H,1-2H3;1H4;2*1H/t3-,4?;;;/m1.../s1. The molecule has 1 heteroatoms. The minimum absolute atomic E-state index is 0. The molecule has 1 heterocycles. The van der Waals surface area contributed by atoms with Gasteiger partial charge in [0.05, 0.1) is 12.2 Å². The summed E-state index contributed by atoms with van der Waals surface area (Å²) in [5.74, 6) is 0. The molecular formula is C5H16O. The van der Waals surface area contributed by atoms with Crippen molar-refractivity contribution in [1.82, 2.24) is 0 Å². The van der Waals surface area contributed by atoms with Gasteiger partial charge in [0.15, 0.2) is 0 Å². The first-order chi connectivity index (χ1) is 2.30. The average molecular weight is 92.2 g/mol. The fourth-order valence-corrected chi connectivity index (χ4v) is 0.293. The van der Waals surface area contributed by atoms with Crippen LogP contribution in [0.15, 0.2) is 0 Å². The number of rotatable bonds is 0. The van der Waals surface area contributed by atoms with Gasteiger partial charge in [-0.3, -0.25) is 0 Å². The van der Waals surface area contributed by atoms with E-state index in [1.54, 1.807) is 0 Å². The predicted molar refractivity (Wildman–Crippen MR) is 31.0 cm³/mol. The number of hydrogen-bond donors (Lipinski definition) is 0. The molecule has 1 unspecified atom stereocenters. The van der Waals surface area contributed by atoms with E-state index in [1.807, 2.05) is 0 Å². The van der Waals surface area contributed by atoms with E-state index in [9.17, 15) is 0 Å². The molecule has 0 bridgehead atoms. The Morgan fingerprint density at radius 1 is 1.33 bits per heavy atom. The first kappa shape index (κ1) is 5.96. The van der Waals surface area contributed by atoms with Crippen molar-refractivity contribution >= 4 is 0 Å². The summed E-state index contributed by atoms with van der Waals surface area (Å²) in [4.78, 5) is 0. The predicted octanol–water partition coefficient (Wildman–Crippen LogP) is 1.92. The van der Waals surface area contributed by atoms with Gasteiger partial charge in [-0.25, -0.2) is 0 Å². The van der Waals surface area contributed by atoms with Crippen LogP contribution < -0.4 is 0 Å². The van der Waals surface area contributed by atoms with Crippen molar-refractivity contribution < 1.29 is 7.59 Å². The highest BCUT2D eigenvalue weighted by molar-refractivity contribution is 4.73. The smallest absolute Gasteiger partial charge is 0.0811 e. The lowest BCUT2D eigenvalue weighted by molar-refractivity contribution is 0.389. The van der Waals surface area contributed by atoms with Gasteiger partial charge in [-0.1, -0.05) is 7.43 Å². The average Bonchev–Trinajstić information content (AvgIpc) is 1.79. The van der Waals surface area contributed by atoms with E-state index in [2.05, 4.69) is 13.8 Å². The lowest BCUT2D eigenvalue weighted by Gasteiger charge is -1.57. The molecule has 0 amide bonds. The zero-order valence-electron chi connectivity index (χ0n) is 3.56. The Labute approximate surface area is 42.3 Å². The monoisotopic (exact) mass is 92.1 g/mol. The van der Waals surface area contributed by atoms with Crippen molar-refractivity contribution in [2.45, 2.75) is 33.5 Å². The molecule has 0 aromatic carbocycles. The molecule has 1 saturated heterocycles. The van der Waals surface area contributed by atoms with E-state index < -0.39 is 0 Å². The maximum Gasteiger partial charge on any atom is 0.0811 e. The molecule has 6 heavy (non-hydrogen) atoms. The summed E-state index contributed by atoms with van der Waals surface area (Å²) >= 11 is 0. The topological polar surface area (TPSA) is 12.5 Å². The Kier molecular flexibility index (Phi) is 1.59. The molecule has 2 atom stereocenters. The lowest BCUT2D eigenvalue weighted by atomic mass is 10.4. The van der Waals surface area contributed by atoms with Gasteiger partial charge < -0.3 is 4.74 Å². The third-order valence-corrected chi connectivity index (χ3v) is 1.01. The number of ether oxygens (including phenoxy) is 1. The molecule has 1 rings (SSSR count). The Hall–Kier alpha value is -0.0400. The number of hydrogen-bond acceptors (Lipinski definition) is 1. The normalized spacial score (nSPS) is 41.0. The van der Waals surface area contributed by atoms with E-state index in [0.29, 0.717) is 12.2 Å². The first-order valence-corrected chi connectivity index (χ1v) is 1.96. The Bertz CT molecular complexity index is 43.7. The van der Waals surface area contributed by atoms with E-state index in [4.69, 9.17) is 4.74 Å². The molecule has 1 nitrogen and oxygen atoms in total. The third-order valence-electron chi connectivity index (χ3n) is 1.01. The molecule has 0 saturated carbocycles. The van der Waals surface area contributed by atoms with Crippen molar-refractivity contribution in [3.8, 4) is 0 Å². The van der Waals surface area contributed by atoms with Gasteiger partial charge in [0.2, 0.25) is 0 Å². The molecule has 1 fully saturated rings. The van der Waals surface area contributed by atoms with E-state index >= 15 is 0 Å². The second-order valence-electron chi connectivity index (χ2n) is 1.55. The maximum absolute atomic E-state index is 4.92. The summed E-state index contributed by atoms with van der Waals surface area (Å²) in [7, 11) is 0. The molecule has 0 radical (unpaired) electrons. The van der Waals surface area contributed by atoms with Gasteiger partial charge in [0.1, 0.15) is 0 Å². The second-order valence-corrected chi connectivity index (χ2v) is 1.55. The highest BCUT2D eigenvalue weighted by atomic mass is 16.6. The molecule has 0 aromatic heterocycles. The molecule has 0 aliphatic carbocycles. The molecular weight excluding hydrogens is 76.1 g/mol. The third kappa shape index (κ3) is 0.977. The van der Waals surface area contributed by atoms with E-state index in [0.717, 1.165) is 0 Å². The summed E-state index contributed by atoms with van der Waals surface area (Å²) < 4.78 is 4.92. The van der Waals surface area contributed by atoms with Crippen LogP contribution in [0.5, 0.6) is 0 Å². The van der Waals surface area contributed by atoms with Crippen molar-refractivity contribution in [2.75, 3.05) is 0 Å². The molecule has 0 N–H and O–H groups in total. The molecule has 42 valence electrons. The first-order valence-electron chi connectivity index (χ1n) is 1.96. The van der Waals surface area contributed by atoms with Crippen LogP contribution >= 0.6 is 0 Å². The van der Waals surface area contributed by atoms with Crippen LogP contribution in [0.1, 0.15) is 24.1 Å². The van der Waals surface area contributed by atoms with Crippen LogP contribution in [0.3, 0.4) is 0 Å². The lowest BCUT2D eigenvalue weighted by Crippen LogP contribution is -1.74. The summed E-state index contributed by atoms with van der Waals surface area (Å²) in [6.07, 6.45) is 1.10. The minimum atomic E-state index is 0. The van der Waals surface area contributed by atoms with Crippen LogP contribution in [-0.4, -0.2) is 12.2 Å². The molecule has 0 spiro atoms. The Morgan fingerprint density at radius 2 is 1.50 bits per heavy atom. The van der Waals surface area contributed by atoms with Crippen LogP contribution in [0, 0.1) is 0 Å². The SMILES string of the molecule is C.CC1O[C@@H]1C.[HH].[HH]. The van der Waals surface area contributed by atoms with Crippen LogP contribution in [0.4, 0.5) is 0 Å². The second kappa shape index (κ2) is 1.61. The van der Waals surface area contributed by atoms with Gasteiger partial charge >= 0.3 is 0 Å². The highest BCUT2D eigenvalue weighted by Crippen LogP contribution is 2.18.